The first-order valence-electron chi connectivity index (χ1n) is 9.05. The van der Waals surface area contributed by atoms with E-state index in [1.54, 1.807) is 17.0 Å². The van der Waals surface area contributed by atoms with Gasteiger partial charge in [-0.2, -0.15) is 22.0 Å². The molecule has 1 aliphatic rings. The zero-order valence-electron chi connectivity index (χ0n) is 15.2. The highest BCUT2D eigenvalue weighted by Gasteiger charge is 2.60. The van der Waals surface area contributed by atoms with E-state index < -0.39 is 17.8 Å². The topological polar surface area (TPSA) is 72.4 Å². The van der Waals surface area contributed by atoms with Crippen molar-refractivity contribution < 1.29 is 26.4 Å². The summed E-state index contributed by atoms with van der Waals surface area (Å²) in [6.07, 6.45) is -1.61. The normalized spacial score (nSPS) is 15.6. The van der Waals surface area contributed by atoms with Gasteiger partial charge in [-0.15, -0.1) is 10.2 Å². The number of alkyl halides is 5. The van der Waals surface area contributed by atoms with Crippen LogP contribution >= 0.6 is 0 Å². The van der Waals surface area contributed by atoms with Gasteiger partial charge in [0.25, 0.3) is 5.89 Å². The van der Waals surface area contributed by atoms with Crippen molar-refractivity contribution >= 4 is 22.4 Å². The Morgan fingerprint density at radius 3 is 2.43 bits per heavy atom. The Labute approximate surface area is 165 Å². The minimum Gasteiger partial charge on any atom is -0.422 e. The van der Waals surface area contributed by atoms with Gasteiger partial charge in [0, 0.05) is 30.4 Å². The second kappa shape index (κ2) is 6.34. The van der Waals surface area contributed by atoms with E-state index >= 15 is 0 Å². The summed E-state index contributed by atoms with van der Waals surface area (Å²) in [5.74, 6) is -5.02. The molecule has 5 heterocycles. The highest BCUT2D eigenvalue weighted by atomic mass is 19.4. The molecule has 0 atom stereocenters. The monoisotopic (exact) mass is 424 g/mol. The average Bonchev–Trinajstić information content (AvgIpc) is 3.47. The molecule has 0 spiro atoms. The number of nitrogens with zero attached hydrogens (tertiary/aromatic N) is 6. The largest absolute Gasteiger partial charge is 0.459 e. The molecular weight excluding hydrogens is 411 g/mol. The lowest BCUT2D eigenvalue weighted by molar-refractivity contribution is -0.290. The Kier molecular flexibility index (Phi) is 3.95. The maximum Gasteiger partial charge on any atom is 0.459 e. The summed E-state index contributed by atoms with van der Waals surface area (Å²) in [6.45, 7) is 1.12. The maximum atomic E-state index is 14.2. The third kappa shape index (κ3) is 2.77. The second-order valence-corrected chi connectivity index (χ2v) is 6.96. The number of pyridine rings is 2. The standard InChI is InChI=1S/C18H13F5N6O/c19-17(20,18(21,22)23)13-7-12(28-5-1-2-6-28)10-3-4-14-25-11(16-27-24-9-30-16)8-29(14)15(10)26-13/h3-4,7-9H,1-2,5-6H2. The molecule has 4 aromatic heterocycles. The molecule has 0 unspecified atom stereocenters. The van der Waals surface area contributed by atoms with Crippen molar-refractivity contribution in [1.29, 1.82) is 0 Å². The average molecular weight is 424 g/mol. The number of hydrogen-bond acceptors (Lipinski definition) is 6. The highest BCUT2D eigenvalue weighted by Crippen LogP contribution is 2.45. The number of anilines is 1. The Bertz CT molecular complexity index is 1230. The van der Waals surface area contributed by atoms with Crippen molar-refractivity contribution in [2.45, 2.75) is 24.9 Å². The molecule has 0 N–H and O–H groups in total. The molecule has 1 fully saturated rings. The van der Waals surface area contributed by atoms with Crippen LogP contribution < -0.4 is 4.90 Å². The summed E-state index contributed by atoms with van der Waals surface area (Å²) in [4.78, 5) is 9.80. The quantitative estimate of drug-likeness (QED) is 0.460. The lowest BCUT2D eigenvalue weighted by Crippen LogP contribution is -2.35. The third-order valence-corrected chi connectivity index (χ3v) is 5.08. The van der Waals surface area contributed by atoms with Gasteiger partial charge in [-0.25, -0.2) is 9.97 Å². The maximum absolute atomic E-state index is 14.2. The van der Waals surface area contributed by atoms with Crippen LogP contribution in [0.3, 0.4) is 0 Å². The van der Waals surface area contributed by atoms with E-state index in [4.69, 9.17) is 4.42 Å². The van der Waals surface area contributed by atoms with Gasteiger partial charge in [0.15, 0.2) is 0 Å². The SMILES string of the molecule is FC(F)(F)C(F)(F)c1cc(N2CCCC2)c2ccc3nc(-c4nnco4)cn3c2n1. The number of aromatic nitrogens is 5. The lowest BCUT2D eigenvalue weighted by Gasteiger charge is -2.24. The second-order valence-electron chi connectivity index (χ2n) is 6.96. The molecule has 0 saturated carbocycles. The van der Waals surface area contributed by atoms with Crippen LogP contribution in [0.25, 0.3) is 28.3 Å². The molecule has 0 aliphatic carbocycles. The van der Waals surface area contributed by atoms with Gasteiger partial charge in [-0.1, -0.05) is 0 Å². The molecule has 0 amide bonds. The molecule has 1 aliphatic heterocycles. The van der Waals surface area contributed by atoms with Crippen LogP contribution in [0.15, 0.2) is 35.2 Å². The fraction of sp³-hybridized carbons (Fsp3) is 0.333. The zero-order chi connectivity index (χ0) is 21.1. The predicted molar refractivity (Wildman–Crippen MR) is 95.2 cm³/mol. The smallest absolute Gasteiger partial charge is 0.422 e. The van der Waals surface area contributed by atoms with Gasteiger partial charge >= 0.3 is 12.1 Å². The molecule has 4 aromatic rings. The van der Waals surface area contributed by atoms with Crippen LogP contribution in [0.1, 0.15) is 18.5 Å². The molecule has 30 heavy (non-hydrogen) atoms. The van der Waals surface area contributed by atoms with Crippen LogP contribution in [-0.2, 0) is 5.92 Å². The Morgan fingerprint density at radius 1 is 1.00 bits per heavy atom. The molecule has 5 rings (SSSR count). The van der Waals surface area contributed by atoms with Crippen LogP contribution in [0.4, 0.5) is 27.6 Å². The van der Waals surface area contributed by atoms with Gasteiger partial charge in [0.2, 0.25) is 6.39 Å². The lowest BCUT2D eigenvalue weighted by atomic mass is 10.1. The predicted octanol–water partition coefficient (Wildman–Crippen LogP) is 4.19. The van der Waals surface area contributed by atoms with Crippen LogP contribution in [0, 0.1) is 0 Å². The van der Waals surface area contributed by atoms with Crippen molar-refractivity contribution in [3.8, 4) is 11.6 Å². The fourth-order valence-electron chi connectivity index (χ4n) is 3.63. The first kappa shape index (κ1) is 18.7. The number of halogens is 5. The first-order chi connectivity index (χ1) is 14.3. The van der Waals surface area contributed by atoms with Crippen molar-refractivity contribution in [1.82, 2.24) is 24.6 Å². The van der Waals surface area contributed by atoms with E-state index in [0.29, 0.717) is 24.1 Å². The molecule has 156 valence electrons. The Morgan fingerprint density at radius 2 is 1.77 bits per heavy atom. The van der Waals surface area contributed by atoms with E-state index in [2.05, 4.69) is 20.2 Å². The van der Waals surface area contributed by atoms with Gasteiger partial charge < -0.3 is 9.32 Å². The van der Waals surface area contributed by atoms with Crippen molar-refractivity contribution in [3.63, 3.8) is 0 Å². The van der Waals surface area contributed by atoms with Gasteiger partial charge in [0.1, 0.15) is 22.7 Å². The van der Waals surface area contributed by atoms with Crippen LogP contribution in [0.5, 0.6) is 0 Å². The number of rotatable bonds is 3. The Hall–Kier alpha value is -3.31. The van der Waals surface area contributed by atoms with Crippen LogP contribution in [-0.4, -0.2) is 43.8 Å². The van der Waals surface area contributed by atoms with Crippen molar-refractivity contribution in [2.75, 3.05) is 18.0 Å². The molecule has 12 heteroatoms. The summed E-state index contributed by atoms with van der Waals surface area (Å²) in [6, 6.07) is 4.08. The zero-order valence-corrected chi connectivity index (χ0v) is 15.2. The molecule has 0 bridgehead atoms. The fourth-order valence-corrected chi connectivity index (χ4v) is 3.63. The van der Waals surface area contributed by atoms with E-state index in [-0.39, 0.29) is 22.9 Å². The Balaban J connectivity index is 1.80. The summed E-state index contributed by atoms with van der Waals surface area (Å²) in [5, 5.41) is 7.75. The van der Waals surface area contributed by atoms with E-state index in [9.17, 15) is 22.0 Å². The number of imidazole rings is 1. The van der Waals surface area contributed by atoms with E-state index in [1.807, 2.05) is 0 Å². The number of fused-ring (bicyclic) bond motifs is 3. The molecular formula is C18H13F5N6O. The van der Waals surface area contributed by atoms with Crippen molar-refractivity contribution in [2.24, 2.45) is 0 Å². The van der Waals surface area contributed by atoms with Gasteiger partial charge in [0.05, 0.1) is 0 Å². The third-order valence-electron chi connectivity index (χ3n) is 5.08. The van der Waals surface area contributed by atoms with Crippen LogP contribution in [0.2, 0.25) is 0 Å². The summed E-state index contributed by atoms with van der Waals surface area (Å²) in [7, 11) is 0. The van der Waals surface area contributed by atoms with E-state index in [1.165, 1.54) is 10.6 Å². The molecule has 1 saturated heterocycles. The van der Waals surface area contributed by atoms with E-state index in [0.717, 1.165) is 25.3 Å². The van der Waals surface area contributed by atoms with Gasteiger partial charge in [-0.05, 0) is 31.0 Å². The summed E-state index contributed by atoms with van der Waals surface area (Å²) >= 11 is 0. The molecule has 7 nitrogen and oxygen atoms in total. The first-order valence-corrected chi connectivity index (χ1v) is 9.05. The molecule has 0 radical (unpaired) electrons. The summed E-state index contributed by atoms with van der Waals surface area (Å²) < 4.78 is 74.1. The van der Waals surface area contributed by atoms with Crippen molar-refractivity contribution in [3.05, 3.63) is 36.5 Å². The molecule has 0 aromatic carbocycles. The minimum atomic E-state index is -5.77. The summed E-state index contributed by atoms with van der Waals surface area (Å²) in [5.41, 5.74) is -0.592. The highest BCUT2D eigenvalue weighted by molar-refractivity contribution is 5.92. The number of hydrogen-bond donors (Lipinski definition) is 0. The minimum absolute atomic E-state index is 0.0610. The van der Waals surface area contributed by atoms with Gasteiger partial charge in [-0.3, -0.25) is 4.40 Å².